The molecule has 1 unspecified atom stereocenters. The minimum absolute atomic E-state index is 0.413. The first kappa shape index (κ1) is 13.7. The van der Waals surface area contributed by atoms with Crippen LogP contribution in [0.3, 0.4) is 0 Å². The summed E-state index contributed by atoms with van der Waals surface area (Å²) >= 11 is 0. The van der Waals surface area contributed by atoms with Gasteiger partial charge >= 0.3 is 5.97 Å². The van der Waals surface area contributed by atoms with Crippen LogP contribution in [0.2, 0.25) is 0 Å². The van der Waals surface area contributed by atoms with E-state index < -0.39 is 17.5 Å². The zero-order valence-corrected chi connectivity index (χ0v) is 11.1. The number of aryl methyl sites for hydroxylation is 2. The van der Waals surface area contributed by atoms with Crippen LogP contribution in [0.4, 0.5) is 0 Å². The number of carbonyl (C=O) groups excluding carboxylic acids is 1. The maximum Gasteiger partial charge on any atom is 0.314 e. The fraction of sp³-hybridized carbons (Fsp3) is 0.500. The Balaban J connectivity index is 3.11. The highest BCUT2D eigenvalue weighted by Gasteiger charge is 2.37. The van der Waals surface area contributed by atoms with Crippen molar-refractivity contribution in [2.45, 2.75) is 33.8 Å². The maximum absolute atomic E-state index is 11.6. The van der Waals surface area contributed by atoms with E-state index in [9.17, 15) is 9.90 Å². The Morgan fingerprint density at radius 1 is 1.24 bits per heavy atom. The summed E-state index contributed by atoms with van der Waals surface area (Å²) in [5.41, 5.74) is 1.94. The van der Waals surface area contributed by atoms with Gasteiger partial charge in [-0.2, -0.15) is 0 Å². The lowest BCUT2D eigenvalue weighted by Crippen LogP contribution is -2.32. The minimum Gasteiger partial charge on any atom is -0.469 e. The third-order valence-corrected chi connectivity index (χ3v) is 2.95. The van der Waals surface area contributed by atoms with E-state index in [0.717, 1.165) is 16.7 Å². The number of aliphatic hydroxyl groups excluding tert-OH is 1. The summed E-state index contributed by atoms with van der Waals surface area (Å²) in [4.78, 5) is 11.6. The van der Waals surface area contributed by atoms with Gasteiger partial charge in [-0.3, -0.25) is 4.79 Å². The number of ether oxygens (including phenoxy) is 1. The van der Waals surface area contributed by atoms with Crippen LogP contribution in [-0.2, 0) is 9.53 Å². The van der Waals surface area contributed by atoms with Crippen molar-refractivity contribution in [2.24, 2.45) is 5.41 Å². The molecule has 1 atom stereocenters. The number of carbonyl (C=O) groups is 1. The molecule has 3 heteroatoms. The van der Waals surface area contributed by atoms with Gasteiger partial charge in [-0.25, -0.2) is 0 Å². The molecule has 0 aromatic heterocycles. The number of benzene rings is 1. The van der Waals surface area contributed by atoms with Crippen molar-refractivity contribution < 1.29 is 14.6 Å². The molecule has 0 aliphatic carbocycles. The zero-order chi connectivity index (χ0) is 13.2. The van der Waals surface area contributed by atoms with Gasteiger partial charge in [0, 0.05) is 0 Å². The first-order valence-electron chi connectivity index (χ1n) is 5.63. The Hall–Kier alpha value is -1.35. The van der Waals surface area contributed by atoms with E-state index in [1.54, 1.807) is 13.8 Å². The normalized spacial score (nSPS) is 13.3. The Morgan fingerprint density at radius 2 is 1.71 bits per heavy atom. The molecule has 17 heavy (non-hydrogen) atoms. The summed E-state index contributed by atoms with van der Waals surface area (Å²) in [6.45, 7) is 7.30. The molecule has 0 bridgehead atoms. The Bertz CT molecular complexity index is 401. The predicted octanol–water partition coefficient (Wildman–Crippen LogP) is 2.54. The number of aliphatic hydroxyl groups is 1. The molecule has 3 nitrogen and oxygen atoms in total. The van der Waals surface area contributed by atoms with Gasteiger partial charge in [0.05, 0.1) is 18.6 Å². The topological polar surface area (TPSA) is 46.5 Å². The molecule has 0 amide bonds. The molecule has 94 valence electrons. The van der Waals surface area contributed by atoms with Crippen LogP contribution in [0.1, 0.15) is 36.6 Å². The van der Waals surface area contributed by atoms with Gasteiger partial charge in [0.25, 0.3) is 0 Å². The van der Waals surface area contributed by atoms with Crippen molar-refractivity contribution in [3.8, 4) is 0 Å². The maximum atomic E-state index is 11.6. The first-order valence-corrected chi connectivity index (χ1v) is 5.63. The summed E-state index contributed by atoms with van der Waals surface area (Å²) in [6.07, 6.45) is -0.867. The van der Waals surface area contributed by atoms with Gasteiger partial charge < -0.3 is 9.84 Å². The summed E-state index contributed by atoms with van der Waals surface area (Å²) in [7, 11) is 1.33. The van der Waals surface area contributed by atoms with Crippen LogP contribution in [0.25, 0.3) is 0 Å². The van der Waals surface area contributed by atoms with E-state index in [2.05, 4.69) is 0 Å². The first-order chi connectivity index (χ1) is 7.78. The van der Waals surface area contributed by atoms with Crippen LogP contribution in [0.15, 0.2) is 18.2 Å². The third kappa shape index (κ3) is 2.86. The standard InChI is InChI=1S/C14H20O3/c1-9-6-10(2)8-11(7-9)12(15)14(3,4)13(16)17-5/h6-8,12,15H,1-5H3. The van der Waals surface area contributed by atoms with Gasteiger partial charge in [0.1, 0.15) is 0 Å². The summed E-state index contributed by atoms with van der Waals surface area (Å²) < 4.78 is 4.72. The van der Waals surface area contributed by atoms with Gasteiger partial charge in [0.15, 0.2) is 0 Å². The second-order valence-corrected chi connectivity index (χ2v) is 5.04. The molecule has 1 rings (SSSR count). The van der Waals surface area contributed by atoms with E-state index in [1.807, 2.05) is 32.0 Å². The highest BCUT2D eigenvalue weighted by molar-refractivity contribution is 5.76. The lowest BCUT2D eigenvalue weighted by Gasteiger charge is -2.28. The average Bonchev–Trinajstić information content (AvgIpc) is 2.25. The molecule has 0 radical (unpaired) electrons. The minimum atomic E-state index is -0.949. The van der Waals surface area contributed by atoms with Crippen molar-refractivity contribution in [3.05, 3.63) is 34.9 Å². The average molecular weight is 236 g/mol. The molecular formula is C14H20O3. The molecule has 0 heterocycles. The number of methoxy groups -OCH3 is 1. The molecule has 0 spiro atoms. The quantitative estimate of drug-likeness (QED) is 0.820. The van der Waals surface area contributed by atoms with E-state index in [0.29, 0.717) is 0 Å². The summed E-state index contributed by atoms with van der Waals surface area (Å²) in [6, 6.07) is 5.81. The molecule has 1 aromatic rings. The SMILES string of the molecule is COC(=O)C(C)(C)C(O)c1cc(C)cc(C)c1. The number of rotatable bonds is 3. The number of hydrogen-bond donors (Lipinski definition) is 1. The second-order valence-electron chi connectivity index (χ2n) is 5.04. The highest BCUT2D eigenvalue weighted by atomic mass is 16.5. The van der Waals surface area contributed by atoms with Gasteiger partial charge in [-0.05, 0) is 33.3 Å². The van der Waals surface area contributed by atoms with Gasteiger partial charge in [-0.1, -0.05) is 29.3 Å². The lowest BCUT2D eigenvalue weighted by atomic mass is 9.82. The fourth-order valence-corrected chi connectivity index (χ4v) is 1.96. The molecule has 0 saturated heterocycles. The van der Waals surface area contributed by atoms with Crippen LogP contribution >= 0.6 is 0 Å². The fourth-order valence-electron chi connectivity index (χ4n) is 1.96. The van der Waals surface area contributed by atoms with Crippen molar-refractivity contribution in [2.75, 3.05) is 7.11 Å². The second kappa shape index (κ2) is 4.88. The molecule has 0 aliphatic rings. The Labute approximate surface area is 102 Å². The molecular weight excluding hydrogens is 216 g/mol. The van der Waals surface area contributed by atoms with E-state index in [4.69, 9.17) is 4.74 Å². The Morgan fingerprint density at radius 3 is 2.12 bits per heavy atom. The smallest absolute Gasteiger partial charge is 0.314 e. The zero-order valence-electron chi connectivity index (χ0n) is 11.1. The summed E-state index contributed by atoms with van der Waals surface area (Å²) in [5, 5.41) is 10.3. The van der Waals surface area contributed by atoms with Gasteiger partial charge in [-0.15, -0.1) is 0 Å². The Kier molecular flexibility index (Phi) is 3.94. The summed E-state index contributed by atoms with van der Waals surface area (Å²) in [5.74, 6) is -0.413. The molecule has 0 fully saturated rings. The molecule has 0 saturated carbocycles. The van der Waals surface area contributed by atoms with E-state index in [-0.39, 0.29) is 0 Å². The van der Waals surface area contributed by atoms with Crippen LogP contribution in [0.5, 0.6) is 0 Å². The monoisotopic (exact) mass is 236 g/mol. The molecule has 1 aromatic carbocycles. The number of hydrogen-bond acceptors (Lipinski definition) is 3. The largest absolute Gasteiger partial charge is 0.469 e. The van der Waals surface area contributed by atoms with Crippen LogP contribution < -0.4 is 0 Å². The van der Waals surface area contributed by atoms with Crippen LogP contribution in [-0.4, -0.2) is 18.2 Å². The number of esters is 1. The van der Waals surface area contributed by atoms with Gasteiger partial charge in [0.2, 0.25) is 0 Å². The van der Waals surface area contributed by atoms with Crippen molar-refractivity contribution in [3.63, 3.8) is 0 Å². The molecule has 0 aliphatic heterocycles. The molecule has 1 N–H and O–H groups in total. The van der Waals surface area contributed by atoms with Crippen molar-refractivity contribution >= 4 is 5.97 Å². The van der Waals surface area contributed by atoms with Crippen molar-refractivity contribution in [1.82, 2.24) is 0 Å². The lowest BCUT2D eigenvalue weighted by molar-refractivity contribution is -0.157. The third-order valence-electron chi connectivity index (χ3n) is 2.95. The predicted molar refractivity (Wildman–Crippen MR) is 66.7 cm³/mol. The van der Waals surface area contributed by atoms with E-state index >= 15 is 0 Å². The van der Waals surface area contributed by atoms with Crippen LogP contribution in [0, 0.1) is 19.3 Å². The highest BCUT2D eigenvalue weighted by Crippen LogP contribution is 2.35. The van der Waals surface area contributed by atoms with Crippen molar-refractivity contribution in [1.29, 1.82) is 0 Å². The van der Waals surface area contributed by atoms with E-state index in [1.165, 1.54) is 7.11 Å².